The van der Waals surface area contributed by atoms with Crippen molar-refractivity contribution in [3.05, 3.63) is 42.0 Å². The van der Waals surface area contributed by atoms with Crippen molar-refractivity contribution in [1.29, 1.82) is 0 Å². The Kier molecular flexibility index (Phi) is 2.37. The average molecular weight is 190 g/mol. The van der Waals surface area contributed by atoms with Crippen molar-refractivity contribution in [3.63, 3.8) is 0 Å². The Balaban J connectivity index is 2.10. The number of aryl methyl sites for hydroxylation is 1. The highest BCUT2D eigenvalue weighted by molar-refractivity contribution is 5.11. The van der Waals surface area contributed by atoms with Gasteiger partial charge in [-0.05, 0) is 17.7 Å². The summed E-state index contributed by atoms with van der Waals surface area (Å²) < 4.78 is 3.90. The van der Waals surface area contributed by atoms with Gasteiger partial charge in [0, 0.05) is 32.2 Å². The second-order valence-corrected chi connectivity index (χ2v) is 3.38. The summed E-state index contributed by atoms with van der Waals surface area (Å²) in [6.07, 6.45) is 6.02. The van der Waals surface area contributed by atoms with Crippen LogP contribution in [0.3, 0.4) is 0 Å². The van der Waals surface area contributed by atoms with E-state index in [2.05, 4.69) is 15.9 Å². The van der Waals surface area contributed by atoms with Crippen LogP contribution >= 0.6 is 0 Å². The quantitative estimate of drug-likeness (QED) is 0.775. The minimum absolute atomic E-state index is 0.592. The third kappa shape index (κ3) is 1.85. The van der Waals surface area contributed by atoms with E-state index in [9.17, 15) is 0 Å². The molecule has 0 unspecified atom stereocenters. The first-order valence-corrected chi connectivity index (χ1v) is 4.61. The zero-order chi connectivity index (χ0) is 9.97. The largest absolute Gasteiger partial charge is 0.348 e. The molecule has 0 fully saturated rings. The molecular formula is C10H14N4. The van der Waals surface area contributed by atoms with Crippen LogP contribution in [0.5, 0.6) is 0 Å². The molecule has 0 amide bonds. The Morgan fingerprint density at radius 2 is 2.21 bits per heavy atom. The van der Waals surface area contributed by atoms with Crippen LogP contribution in [-0.2, 0) is 20.1 Å². The van der Waals surface area contributed by atoms with Crippen molar-refractivity contribution < 1.29 is 0 Å². The van der Waals surface area contributed by atoms with Gasteiger partial charge in [0.1, 0.15) is 0 Å². The van der Waals surface area contributed by atoms with Crippen molar-refractivity contribution in [3.8, 4) is 0 Å². The first-order chi connectivity index (χ1) is 6.78. The summed E-state index contributed by atoms with van der Waals surface area (Å²) in [5.74, 6) is 0. The number of aromatic nitrogens is 3. The minimum atomic E-state index is 0.592. The van der Waals surface area contributed by atoms with E-state index >= 15 is 0 Å². The van der Waals surface area contributed by atoms with Crippen LogP contribution in [0, 0.1) is 0 Å². The maximum absolute atomic E-state index is 5.53. The number of rotatable bonds is 3. The number of hydrogen-bond acceptors (Lipinski definition) is 2. The summed E-state index contributed by atoms with van der Waals surface area (Å²) in [4.78, 5) is 0. The van der Waals surface area contributed by atoms with E-state index < -0.39 is 0 Å². The zero-order valence-corrected chi connectivity index (χ0v) is 8.22. The predicted molar refractivity (Wildman–Crippen MR) is 54.6 cm³/mol. The molecule has 2 aromatic heterocycles. The highest BCUT2D eigenvalue weighted by Crippen LogP contribution is 2.03. The molecule has 14 heavy (non-hydrogen) atoms. The first kappa shape index (κ1) is 9.02. The van der Waals surface area contributed by atoms with E-state index in [0.29, 0.717) is 6.54 Å². The van der Waals surface area contributed by atoms with Gasteiger partial charge >= 0.3 is 0 Å². The summed E-state index contributed by atoms with van der Waals surface area (Å²) in [5, 5.41) is 4.31. The molecule has 0 radical (unpaired) electrons. The lowest BCUT2D eigenvalue weighted by Gasteiger charge is -1.98. The Bertz CT molecular complexity index is 413. The molecule has 0 aliphatic heterocycles. The standard InChI is InChI=1S/C10H14N4/c1-13-4-3-10(12-13)8-14-5-2-9(6-11)7-14/h2-5,7H,6,8,11H2,1H3. The molecular weight excluding hydrogens is 176 g/mol. The van der Waals surface area contributed by atoms with E-state index in [1.807, 2.05) is 36.3 Å². The number of hydrogen-bond donors (Lipinski definition) is 1. The van der Waals surface area contributed by atoms with Gasteiger partial charge in [0.15, 0.2) is 0 Å². The molecule has 0 atom stereocenters. The van der Waals surface area contributed by atoms with Crippen LogP contribution in [0.4, 0.5) is 0 Å². The smallest absolute Gasteiger partial charge is 0.0821 e. The van der Waals surface area contributed by atoms with Gasteiger partial charge in [-0.3, -0.25) is 4.68 Å². The summed E-state index contributed by atoms with van der Waals surface area (Å²) >= 11 is 0. The fraction of sp³-hybridized carbons (Fsp3) is 0.300. The van der Waals surface area contributed by atoms with Gasteiger partial charge in [-0.25, -0.2) is 0 Å². The van der Waals surface area contributed by atoms with E-state index in [-0.39, 0.29) is 0 Å². The summed E-state index contributed by atoms with van der Waals surface area (Å²) in [6.45, 7) is 1.40. The van der Waals surface area contributed by atoms with E-state index in [1.165, 1.54) is 0 Å². The molecule has 0 saturated carbocycles. The van der Waals surface area contributed by atoms with Gasteiger partial charge in [-0.1, -0.05) is 0 Å². The molecule has 0 spiro atoms. The molecule has 0 aliphatic rings. The second kappa shape index (κ2) is 3.67. The van der Waals surface area contributed by atoms with E-state index in [4.69, 9.17) is 5.73 Å². The molecule has 4 nitrogen and oxygen atoms in total. The molecule has 2 rings (SSSR count). The van der Waals surface area contributed by atoms with Crippen LogP contribution in [-0.4, -0.2) is 14.3 Å². The maximum Gasteiger partial charge on any atom is 0.0821 e. The zero-order valence-electron chi connectivity index (χ0n) is 8.22. The predicted octanol–water partition coefficient (Wildman–Crippen LogP) is 0.729. The highest BCUT2D eigenvalue weighted by Gasteiger charge is 1.99. The number of nitrogens with zero attached hydrogens (tertiary/aromatic N) is 3. The monoisotopic (exact) mass is 190 g/mol. The van der Waals surface area contributed by atoms with E-state index in [1.54, 1.807) is 0 Å². The lowest BCUT2D eigenvalue weighted by molar-refractivity contribution is 0.707. The van der Waals surface area contributed by atoms with Crippen LogP contribution in [0.25, 0.3) is 0 Å². The third-order valence-corrected chi connectivity index (χ3v) is 2.16. The minimum Gasteiger partial charge on any atom is -0.348 e. The Labute approximate surface area is 82.9 Å². The maximum atomic E-state index is 5.53. The Hall–Kier alpha value is -1.55. The van der Waals surface area contributed by atoms with Crippen molar-refractivity contribution in [2.45, 2.75) is 13.1 Å². The molecule has 0 bridgehead atoms. The van der Waals surface area contributed by atoms with Gasteiger partial charge in [-0.2, -0.15) is 5.10 Å². The molecule has 74 valence electrons. The summed E-state index contributed by atoms with van der Waals surface area (Å²) in [5.41, 5.74) is 7.74. The topological polar surface area (TPSA) is 48.8 Å². The van der Waals surface area contributed by atoms with Crippen LogP contribution < -0.4 is 5.73 Å². The second-order valence-electron chi connectivity index (χ2n) is 3.38. The van der Waals surface area contributed by atoms with Gasteiger partial charge in [0.2, 0.25) is 0 Å². The van der Waals surface area contributed by atoms with Gasteiger partial charge in [0.05, 0.1) is 12.2 Å². The van der Waals surface area contributed by atoms with Crippen LogP contribution in [0.15, 0.2) is 30.7 Å². The number of nitrogens with two attached hydrogens (primary N) is 1. The molecule has 0 aromatic carbocycles. The highest BCUT2D eigenvalue weighted by atomic mass is 15.3. The SMILES string of the molecule is Cn1ccc(Cn2ccc(CN)c2)n1. The molecule has 2 N–H and O–H groups in total. The molecule has 0 aliphatic carbocycles. The summed E-state index contributed by atoms with van der Waals surface area (Å²) in [6, 6.07) is 4.05. The fourth-order valence-electron chi connectivity index (χ4n) is 1.44. The van der Waals surface area contributed by atoms with Crippen LogP contribution in [0.1, 0.15) is 11.3 Å². The molecule has 0 saturated heterocycles. The third-order valence-electron chi connectivity index (χ3n) is 2.16. The Morgan fingerprint density at radius 3 is 2.79 bits per heavy atom. The average Bonchev–Trinajstić information content (AvgIpc) is 2.76. The van der Waals surface area contributed by atoms with Crippen molar-refractivity contribution >= 4 is 0 Å². The van der Waals surface area contributed by atoms with Crippen molar-refractivity contribution in [2.24, 2.45) is 12.8 Å². The van der Waals surface area contributed by atoms with Crippen molar-refractivity contribution in [1.82, 2.24) is 14.3 Å². The fourth-order valence-corrected chi connectivity index (χ4v) is 1.44. The van der Waals surface area contributed by atoms with Gasteiger partial charge < -0.3 is 10.3 Å². The van der Waals surface area contributed by atoms with Crippen molar-refractivity contribution in [2.75, 3.05) is 0 Å². The van der Waals surface area contributed by atoms with Crippen LogP contribution in [0.2, 0.25) is 0 Å². The first-order valence-electron chi connectivity index (χ1n) is 4.61. The normalized spacial score (nSPS) is 10.7. The van der Waals surface area contributed by atoms with Gasteiger partial charge in [-0.15, -0.1) is 0 Å². The molecule has 2 aromatic rings. The lowest BCUT2D eigenvalue weighted by Crippen LogP contribution is -1.99. The summed E-state index contributed by atoms with van der Waals surface area (Å²) in [7, 11) is 1.92. The Morgan fingerprint density at radius 1 is 1.36 bits per heavy atom. The van der Waals surface area contributed by atoms with Gasteiger partial charge in [0.25, 0.3) is 0 Å². The lowest BCUT2D eigenvalue weighted by atomic mass is 10.3. The van der Waals surface area contributed by atoms with E-state index in [0.717, 1.165) is 17.8 Å². The molecule has 2 heterocycles. The molecule has 4 heteroatoms.